The van der Waals surface area contributed by atoms with Crippen molar-refractivity contribution in [2.75, 3.05) is 0 Å². The number of nitrogens with zero attached hydrogens (tertiary/aromatic N) is 2. The van der Waals surface area contributed by atoms with Crippen molar-refractivity contribution in [2.45, 2.75) is 0 Å². The molecule has 198 valence electrons. The van der Waals surface area contributed by atoms with E-state index in [9.17, 15) is 0 Å². The van der Waals surface area contributed by atoms with E-state index in [0.29, 0.717) is 34.4 Å². The number of ether oxygens (including phenoxy) is 2. The molecule has 0 aliphatic heterocycles. The fourth-order valence-electron chi connectivity index (χ4n) is 4.79. The first-order valence-electron chi connectivity index (χ1n) is 13.4. The van der Waals surface area contributed by atoms with Gasteiger partial charge in [0.05, 0.1) is 13.1 Å². The Morgan fingerprint density at radius 3 is 1.14 bits per heavy atom. The lowest BCUT2D eigenvalue weighted by Crippen LogP contribution is -1.94. The topological polar surface area (TPSA) is 27.2 Å². The lowest BCUT2D eigenvalue weighted by molar-refractivity contribution is 0.480. The maximum Gasteiger partial charge on any atom is 0.228 e. The smallest absolute Gasteiger partial charge is 0.228 e. The Hall–Kier alpha value is -6.10. The van der Waals surface area contributed by atoms with Crippen LogP contribution in [0, 0.1) is 13.1 Å². The van der Waals surface area contributed by atoms with Gasteiger partial charge >= 0.3 is 0 Å². The standard InChI is InChI=1S/C38H24N2O2/c1-39-33-17-9-11-19-37(33)41-35-23-21-29(27-13-5-3-6-14-27)25-31(35)32-26-30(28-15-7-4-8-16-28)22-24-36(32)42-38-20-12-10-18-34(38)40-2/h3-26H. The minimum atomic E-state index is 0.427. The average Bonchev–Trinajstić information content (AvgIpc) is 3.06. The Morgan fingerprint density at radius 1 is 0.357 bits per heavy atom. The summed E-state index contributed by atoms with van der Waals surface area (Å²) in [5.74, 6) is 2.11. The molecule has 0 unspecified atom stereocenters. The fourth-order valence-corrected chi connectivity index (χ4v) is 4.79. The summed E-state index contributed by atoms with van der Waals surface area (Å²) in [7, 11) is 0. The maximum absolute atomic E-state index is 7.64. The summed E-state index contributed by atoms with van der Waals surface area (Å²) in [5, 5.41) is 0. The Balaban J connectivity index is 1.58. The highest BCUT2D eigenvalue weighted by molar-refractivity contribution is 5.85. The van der Waals surface area contributed by atoms with Gasteiger partial charge in [0.25, 0.3) is 0 Å². The minimum absolute atomic E-state index is 0.427. The van der Waals surface area contributed by atoms with Crippen molar-refractivity contribution in [2.24, 2.45) is 0 Å². The van der Waals surface area contributed by atoms with Crippen LogP contribution in [0.2, 0.25) is 0 Å². The Morgan fingerprint density at radius 2 is 0.738 bits per heavy atom. The van der Waals surface area contributed by atoms with Gasteiger partial charge in [-0.2, -0.15) is 0 Å². The van der Waals surface area contributed by atoms with Crippen molar-refractivity contribution in [3.8, 4) is 56.4 Å². The second kappa shape index (κ2) is 12.0. The van der Waals surface area contributed by atoms with Crippen LogP contribution in [0.5, 0.6) is 23.0 Å². The summed E-state index contributed by atoms with van der Waals surface area (Å²) in [6.07, 6.45) is 0. The molecule has 0 saturated heterocycles. The molecule has 0 heterocycles. The number of para-hydroxylation sites is 4. The number of benzene rings is 6. The highest BCUT2D eigenvalue weighted by Gasteiger charge is 2.18. The zero-order valence-electron chi connectivity index (χ0n) is 22.6. The van der Waals surface area contributed by atoms with Gasteiger partial charge in [0, 0.05) is 11.1 Å². The van der Waals surface area contributed by atoms with E-state index in [1.165, 1.54) is 0 Å². The Bertz CT molecular complexity index is 1810. The van der Waals surface area contributed by atoms with Gasteiger partial charge in [-0.15, -0.1) is 0 Å². The summed E-state index contributed by atoms with van der Waals surface area (Å²) < 4.78 is 12.9. The Labute approximate surface area is 245 Å². The average molecular weight is 541 g/mol. The molecule has 0 atom stereocenters. The van der Waals surface area contributed by atoms with Crippen LogP contribution in [0.3, 0.4) is 0 Å². The first-order chi connectivity index (χ1) is 20.7. The molecule has 0 spiro atoms. The van der Waals surface area contributed by atoms with E-state index < -0.39 is 0 Å². The molecule has 0 aliphatic rings. The normalized spacial score (nSPS) is 10.3. The van der Waals surface area contributed by atoms with Gasteiger partial charge in [-0.3, -0.25) is 0 Å². The molecular formula is C38H24N2O2. The van der Waals surface area contributed by atoms with Crippen LogP contribution in [0.15, 0.2) is 146 Å². The summed E-state index contributed by atoms with van der Waals surface area (Å²) in [5.41, 5.74) is 6.59. The lowest BCUT2D eigenvalue weighted by Gasteiger charge is -2.19. The first-order valence-corrected chi connectivity index (χ1v) is 13.4. The molecule has 4 heteroatoms. The third-order valence-corrected chi connectivity index (χ3v) is 6.87. The molecular weight excluding hydrogens is 516 g/mol. The Kier molecular flexibility index (Phi) is 7.45. The summed E-state index contributed by atoms with van der Waals surface area (Å²) >= 11 is 0. The highest BCUT2D eigenvalue weighted by Crippen LogP contribution is 2.45. The second-order valence-electron chi connectivity index (χ2n) is 9.52. The molecule has 0 amide bonds. The van der Waals surface area contributed by atoms with Gasteiger partial charge in [0.1, 0.15) is 23.0 Å². The van der Waals surface area contributed by atoms with Crippen molar-refractivity contribution in [1.82, 2.24) is 0 Å². The molecule has 0 saturated carbocycles. The zero-order valence-corrected chi connectivity index (χ0v) is 22.6. The molecule has 0 aromatic heterocycles. The van der Waals surface area contributed by atoms with Gasteiger partial charge in [-0.1, -0.05) is 109 Å². The van der Waals surface area contributed by atoms with Gasteiger partial charge in [0.2, 0.25) is 11.4 Å². The number of hydrogen-bond donors (Lipinski definition) is 0. The largest absolute Gasteiger partial charge is 0.468 e. The van der Waals surface area contributed by atoms with E-state index in [-0.39, 0.29) is 0 Å². The first kappa shape index (κ1) is 26.1. The van der Waals surface area contributed by atoms with Crippen LogP contribution >= 0.6 is 0 Å². The van der Waals surface area contributed by atoms with Crippen LogP contribution in [0.1, 0.15) is 0 Å². The van der Waals surface area contributed by atoms with Gasteiger partial charge < -0.3 is 9.47 Å². The minimum Gasteiger partial charge on any atom is -0.468 e. The maximum atomic E-state index is 7.64. The summed E-state index contributed by atoms with van der Waals surface area (Å²) in [6, 6.07) is 46.8. The molecule has 4 nitrogen and oxygen atoms in total. The van der Waals surface area contributed by atoms with Crippen molar-refractivity contribution in [1.29, 1.82) is 0 Å². The predicted molar refractivity (Wildman–Crippen MR) is 168 cm³/mol. The van der Waals surface area contributed by atoms with E-state index in [2.05, 4.69) is 46.1 Å². The molecule has 6 rings (SSSR count). The van der Waals surface area contributed by atoms with Crippen LogP contribution in [0.25, 0.3) is 43.1 Å². The number of rotatable bonds is 7. The third-order valence-electron chi connectivity index (χ3n) is 6.87. The van der Waals surface area contributed by atoms with Gasteiger partial charge in [-0.25, -0.2) is 9.69 Å². The molecule has 0 bridgehead atoms. The van der Waals surface area contributed by atoms with E-state index in [0.717, 1.165) is 33.4 Å². The van der Waals surface area contributed by atoms with E-state index in [4.69, 9.17) is 22.6 Å². The molecule has 0 fully saturated rings. The quantitative estimate of drug-likeness (QED) is 0.188. The molecule has 0 radical (unpaired) electrons. The van der Waals surface area contributed by atoms with Gasteiger partial charge in [0.15, 0.2) is 0 Å². The van der Waals surface area contributed by atoms with Crippen molar-refractivity contribution < 1.29 is 9.47 Å². The highest BCUT2D eigenvalue weighted by atomic mass is 16.5. The van der Waals surface area contributed by atoms with Crippen LogP contribution in [0.4, 0.5) is 11.4 Å². The fraction of sp³-hybridized carbons (Fsp3) is 0. The van der Waals surface area contributed by atoms with Gasteiger partial charge in [-0.05, 0) is 58.7 Å². The van der Waals surface area contributed by atoms with Crippen molar-refractivity contribution >= 4 is 11.4 Å². The van der Waals surface area contributed by atoms with E-state index in [1.807, 2.05) is 84.9 Å². The van der Waals surface area contributed by atoms with E-state index >= 15 is 0 Å². The second-order valence-corrected chi connectivity index (χ2v) is 9.52. The predicted octanol–water partition coefficient (Wildman–Crippen LogP) is 11.4. The monoisotopic (exact) mass is 540 g/mol. The third kappa shape index (κ3) is 5.47. The molecule has 0 N–H and O–H groups in total. The molecule has 6 aromatic carbocycles. The SMILES string of the molecule is [C-]#[N+]c1ccccc1Oc1ccc(-c2ccccc2)cc1-c1cc(-c2ccccc2)ccc1Oc1ccccc1[N+]#[C-]. The molecule has 42 heavy (non-hydrogen) atoms. The van der Waals surface area contributed by atoms with Crippen LogP contribution in [-0.4, -0.2) is 0 Å². The van der Waals surface area contributed by atoms with Crippen LogP contribution < -0.4 is 9.47 Å². The van der Waals surface area contributed by atoms with E-state index in [1.54, 1.807) is 24.3 Å². The zero-order chi connectivity index (χ0) is 28.7. The summed E-state index contributed by atoms with van der Waals surface area (Å²) in [4.78, 5) is 7.31. The summed E-state index contributed by atoms with van der Waals surface area (Å²) in [6.45, 7) is 15.3. The van der Waals surface area contributed by atoms with Crippen LogP contribution in [-0.2, 0) is 0 Å². The van der Waals surface area contributed by atoms with Crippen molar-refractivity contribution in [3.63, 3.8) is 0 Å². The number of hydrogen-bond acceptors (Lipinski definition) is 2. The molecule has 0 aliphatic carbocycles. The molecule has 6 aromatic rings. The lowest BCUT2D eigenvalue weighted by atomic mass is 9.94. The van der Waals surface area contributed by atoms with Crippen molar-refractivity contribution in [3.05, 3.63) is 168 Å².